The third-order valence-electron chi connectivity index (χ3n) is 5.03. The lowest BCUT2D eigenvalue weighted by Gasteiger charge is -2.24. The molecule has 138 valence electrons. The summed E-state index contributed by atoms with van der Waals surface area (Å²) in [5.74, 6) is 0.794. The smallest absolute Gasteiger partial charge is 0.253 e. The van der Waals surface area contributed by atoms with Crippen LogP contribution in [0.2, 0.25) is 0 Å². The zero-order chi connectivity index (χ0) is 18.6. The molecule has 5 heteroatoms. The average molecular weight is 361 g/mol. The van der Waals surface area contributed by atoms with E-state index in [1.807, 2.05) is 29.2 Å². The Kier molecular flexibility index (Phi) is 4.92. The Morgan fingerprint density at radius 1 is 0.963 bits per heavy atom. The molecular formula is C22H23N3O2. The van der Waals surface area contributed by atoms with Crippen molar-refractivity contribution in [3.63, 3.8) is 0 Å². The van der Waals surface area contributed by atoms with Crippen LogP contribution in [-0.2, 0) is 0 Å². The highest BCUT2D eigenvalue weighted by molar-refractivity contribution is 5.94. The standard InChI is InChI=1S/C22H23N3O2/c1-17-3-9-20(10-4-17)24-11-2-12-25(14-13-24)22(26)19-7-5-18(6-8-19)21-15-23-16-27-21/h3-10,15-16H,2,11-14H2,1H3. The van der Waals surface area contributed by atoms with E-state index in [0.29, 0.717) is 11.3 Å². The van der Waals surface area contributed by atoms with Gasteiger partial charge in [-0.05, 0) is 37.6 Å². The van der Waals surface area contributed by atoms with Crippen LogP contribution >= 0.6 is 0 Å². The van der Waals surface area contributed by atoms with Gasteiger partial charge in [-0.25, -0.2) is 4.98 Å². The number of carbonyl (C=O) groups is 1. The van der Waals surface area contributed by atoms with Crippen LogP contribution in [0.3, 0.4) is 0 Å². The summed E-state index contributed by atoms with van der Waals surface area (Å²) in [6.45, 7) is 5.43. The molecule has 1 aliphatic rings. The van der Waals surface area contributed by atoms with Gasteiger partial charge in [-0.2, -0.15) is 0 Å². The van der Waals surface area contributed by atoms with E-state index >= 15 is 0 Å². The predicted molar refractivity (Wildman–Crippen MR) is 106 cm³/mol. The number of hydrogen-bond donors (Lipinski definition) is 0. The maximum atomic E-state index is 12.9. The summed E-state index contributed by atoms with van der Waals surface area (Å²) in [6.07, 6.45) is 4.05. The molecule has 1 saturated heterocycles. The fourth-order valence-electron chi connectivity index (χ4n) is 3.45. The quantitative estimate of drug-likeness (QED) is 0.707. The van der Waals surface area contributed by atoms with Crippen molar-refractivity contribution >= 4 is 11.6 Å². The summed E-state index contributed by atoms with van der Waals surface area (Å²) in [5, 5.41) is 0. The van der Waals surface area contributed by atoms with Gasteiger partial charge in [0.15, 0.2) is 12.2 Å². The molecule has 27 heavy (non-hydrogen) atoms. The van der Waals surface area contributed by atoms with E-state index in [2.05, 4.69) is 41.1 Å². The van der Waals surface area contributed by atoms with Gasteiger partial charge in [-0.1, -0.05) is 29.8 Å². The molecule has 3 aromatic rings. The van der Waals surface area contributed by atoms with Gasteiger partial charge >= 0.3 is 0 Å². The monoisotopic (exact) mass is 361 g/mol. The molecule has 2 aromatic carbocycles. The lowest BCUT2D eigenvalue weighted by atomic mass is 10.1. The van der Waals surface area contributed by atoms with Crippen LogP contribution in [0.15, 0.2) is 65.5 Å². The molecule has 0 N–H and O–H groups in total. The topological polar surface area (TPSA) is 49.6 Å². The van der Waals surface area contributed by atoms with Gasteiger partial charge in [-0.3, -0.25) is 4.79 Å². The highest BCUT2D eigenvalue weighted by atomic mass is 16.3. The second-order valence-electron chi connectivity index (χ2n) is 6.91. The molecule has 0 saturated carbocycles. The van der Waals surface area contributed by atoms with Crippen molar-refractivity contribution < 1.29 is 9.21 Å². The van der Waals surface area contributed by atoms with Gasteiger partial charge in [0.1, 0.15) is 0 Å². The van der Waals surface area contributed by atoms with Gasteiger partial charge in [0, 0.05) is 43.0 Å². The number of aromatic nitrogens is 1. The molecular weight excluding hydrogens is 338 g/mol. The third-order valence-corrected chi connectivity index (χ3v) is 5.03. The van der Waals surface area contributed by atoms with Crippen molar-refractivity contribution in [1.29, 1.82) is 0 Å². The van der Waals surface area contributed by atoms with Crippen LogP contribution in [0.4, 0.5) is 5.69 Å². The van der Waals surface area contributed by atoms with Crippen molar-refractivity contribution in [2.24, 2.45) is 0 Å². The molecule has 0 unspecified atom stereocenters. The van der Waals surface area contributed by atoms with Crippen LogP contribution in [-0.4, -0.2) is 42.0 Å². The molecule has 1 amide bonds. The number of oxazole rings is 1. The first kappa shape index (κ1) is 17.3. The second kappa shape index (κ2) is 7.66. The van der Waals surface area contributed by atoms with Gasteiger partial charge < -0.3 is 14.2 Å². The molecule has 1 aromatic heterocycles. The van der Waals surface area contributed by atoms with Crippen LogP contribution in [0.5, 0.6) is 0 Å². The Morgan fingerprint density at radius 3 is 2.44 bits per heavy atom. The van der Waals surface area contributed by atoms with Crippen molar-refractivity contribution in [2.75, 3.05) is 31.1 Å². The first-order chi connectivity index (χ1) is 13.2. The molecule has 0 atom stereocenters. The van der Waals surface area contributed by atoms with E-state index in [0.717, 1.165) is 38.2 Å². The van der Waals surface area contributed by atoms with Crippen LogP contribution < -0.4 is 4.90 Å². The minimum Gasteiger partial charge on any atom is -0.444 e. The third kappa shape index (κ3) is 3.87. The van der Waals surface area contributed by atoms with Crippen LogP contribution in [0, 0.1) is 6.92 Å². The van der Waals surface area contributed by atoms with E-state index in [9.17, 15) is 4.79 Å². The SMILES string of the molecule is Cc1ccc(N2CCCN(C(=O)c3ccc(-c4cnco4)cc3)CC2)cc1. The summed E-state index contributed by atoms with van der Waals surface area (Å²) in [4.78, 5) is 21.2. The number of hydrogen-bond acceptors (Lipinski definition) is 4. The number of nitrogens with zero attached hydrogens (tertiary/aromatic N) is 3. The van der Waals surface area contributed by atoms with Crippen molar-refractivity contribution in [1.82, 2.24) is 9.88 Å². The zero-order valence-corrected chi connectivity index (χ0v) is 15.5. The fraction of sp³-hybridized carbons (Fsp3) is 0.273. The highest BCUT2D eigenvalue weighted by Crippen LogP contribution is 2.21. The number of aryl methyl sites for hydroxylation is 1. The first-order valence-corrected chi connectivity index (χ1v) is 9.30. The van der Waals surface area contributed by atoms with Crippen molar-refractivity contribution in [3.05, 3.63) is 72.2 Å². The molecule has 4 rings (SSSR count). The Morgan fingerprint density at radius 2 is 1.74 bits per heavy atom. The minimum atomic E-state index is 0.0878. The summed E-state index contributed by atoms with van der Waals surface area (Å²) < 4.78 is 5.30. The van der Waals surface area contributed by atoms with E-state index < -0.39 is 0 Å². The number of rotatable bonds is 3. The molecule has 2 heterocycles. The molecule has 5 nitrogen and oxygen atoms in total. The predicted octanol–water partition coefficient (Wildman–Crippen LogP) is 4.00. The maximum Gasteiger partial charge on any atom is 0.253 e. The Hall–Kier alpha value is -3.08. The Balaban J connectivity index is 1.42. The number of amides is 1. The Bertz CT molecular complexity index is 886. The van der Waals surface area contributed by atoms with Gasteiger partial charge in [-0.15, -0.1) is 0 Å². The number of benzene rings is 2. The largest absolute Gasteiger partial charge is 0.444 e. The van der Waals surface area contributed by atoms with E-state index in [1.54, 1.807) is 6.20 Å². The molecule has 0 bridgehead atoms. The van der Waals surface area contributed by atoms with Gasteiger partial charge in [0.05, 0.1) is 6.20 Å². The highest BCUT2D eigenvalue weighted by Gasteiger charge is 2.20. The molecule has 1 fully saturated rings. The lowest BCUT2D eigenvalue weighted by molar-refractivity contribution is 0.0767. The normalized spacial score (nSPS) is 14.9. The molecule has 1 aliphatic heterocycles. The van der Waals surface area contributed by atoms with Crippen LogP contribution in [0.1, 0.15) is 22.3 Å². The van der Waals surface area contributed by atoms with E-state index in [-0.39, 0.29) is 5.91 Å². The van der Waals surface area contributed by atoms with E-state index in [4.69, 9.17) is 4.42 Å². The summed E-state index contributed by atoms with van der Waals surface area (Å²) >= 11 is 0. The number of carbonyl (C=O) groups excluding carboxylic acids is 1. The van der Waals surface area contributed by atoms with Gasteiger partial charge in [0.2, 0.25) is 0 Å². The molecule has 0 spiro atoms. The first-order valence-electron chi connectivity index (χ1n) is 9.30. The lowest BCUT2D eigenvalue weighted by Crippen LogP contribution is -2.35. The average Bonchev–Trinajstić information content (AvgIpc) is 3.13. The summed E-state index contributed by atoms with van der Waals surface area (Å²) in [7, 11) is 0. The van der Waals surface area contributed by atoms with Crippen molar-refractivity contribution in [3.8, 4) is 11.3 Å². The minimum absolute atomic E-state index is 0.0878. The summed E-state index contributed by atoms with van der Waals surface area (Å²) in [5.41, 5.74) is 4.12. The second-order valence-corrected chi connectivity index (χ2v) is 6.91. The van der Waals surface area contributed by atoms with Crippen LogP contribution in [0.25, 0.3) is 11.3 Å². The molecule has 0 aliphatic carbocycles. The molecule has 0 radical (unpaired) electrons. The summed E-state index contributed by atoms with van der Waals surface area (Å²) in [6, 6.07) is 16.1. The zero-order valence-electron chi connectivity index (χ0n) is 15.5. The van der Waals surface area contributed by atoms with Crippen molar-refractivity contribution in [2.45, 2.75) is 13.3 Å². The Labute approximate surface area is 159 Å². The van der Waals surface area contributed by atoms with E-state index in [1.165, 1.54) is 17.6 Å². The maximum absolute atomic E-state index is 12.9. The fourth-order valence-corrected chi connectivity index (χ4v) is 3.45. The van der Waals surface area contributed by atoms with Gasteiger partial charge in [0.25, 0.3) is 5.91 Å². The number of anilines is 1.